The van der Waals surface area contributed by atoms with E-state index < -0.39 is 0 Å². The summed E-state index contributed by atoms with van der Waals surface area (Å²) in [5.74, 6) is 6.09. The summed E-state index contributed by atoms with van der Waals surface area (Å²) in [6.45, 7) is 0.623. The monoisotopic (exact) mass is 210 g/mol. The predicted octanol–water partition coefficient (Wildman–Crippen LogP) is 2.13. The maximum atomic E-state index is 5.36. The number of nitrogens with zero attached hydrogens (tertiary/aromatic N) is 1. The Hall–Kier alpha value is -1.85. The van der Waals surface area contributed by atoms with Gasteiger partial charge in [-0.25, -0.2) is 0 Å². The Morgan fingerprint density at radius 1 is 1.06 bits per heavy atom. The van der Waals surface area contributed by atoms with Crippen LogP contribution in [0.25, 0.3) is 10.9 Å². The molecule has 0 fully saturated rings. The zero-order chi connectivity index (χ0) is 11.2. The van der Waals surface area contributed by atoms with Gasteiger partial charge in [-0.15, -0.1) is 5.92 Å². The van der Waals surface area contributed by atoms with Crippen LogP contribution in [0.15, 0.2) is 36.4 Å². The fraction of sp³-hybridized carbons (Fsp3) is 0.214. The smallest absolute Gasteiger partial charge is 0.0705 e. The number of benzene rings is 1. The zero-order valence-corrected chi connectivity index (χ0v) is 9.11. The first kappa shape index (κ1) is 10.7. The minimum absolute atomic E-state index is 0.623. The third-order valence-corrected chi connectivity index (χ3v) is 2.32. The lowest BCUT2D eigenvalue weighted by molar-refractivity contribution is 1.03. The van der Waals surface area contributed by atoms with Gasteiger partial charge < -0.3 is 5.73 Å². The molecular weight excluding hydrogens is 196 g/mol. The summed E-state index contributed by atoms with van der Waals surface area (Å²) in [6, 6.07) is 12.2. The Morgan fingerprint density at radius 2 is 1.94 bits per heavy atom. The lowest BCUT2D eigenvalue weighted by Gasteiger charge is -1.98. The fourth-order valence-electron chi connectivity index (χ4n) is 1.52. The minimum atomic E-state index is 0.623. The molecule has 0 bridgehead atoms. The van der Waals surface area contributed by atoms with Gasteiger partial charge in [-0.05, 0) is 12.1 Å². The third kappa shape index (κ3) is 2.59. The Balaban J connectivity index is 2.17. The van der Waals surface area contributed by atoms with Gasteiger partial charge >= 0.3 is 0 Å². The number of aromatic nitrogens is 1. The highest BCUT2D eigenvalue weighted by Crippen LogP contribution is 2.11. The van der Waals surface area contributed by atoms with E-state index in [0.29, 0.717) is 13.0 Å². The first-order valence-corrected chi connectivity index (χ1v) is 5.40. The van der Waals surface area contributed by atoms with Crippen molar-refractivity contribution in [2.45, 2.75) is 12.8 Å². The summed E-state index contributed by atoms with van der Waals surface area (Å²) in [4.78, 5) is 4.54. The minimum Gasteiger partial charge on any atom is -0.330 e. The number of hydrogen-bond acceptors (Lipinski definition) is 2. The molecular formula is C14H14N2. The second-order valence-corrected chi connectivity index (χ2v) is 3.56. The molecule has 1 heterocycles. The van der Waals surface area contributed by atoms with Gasteiger partial charge in [-0.2, -0.15) is 0 Å². The second kappa shape index (κ2) is 5.29. The highest BCUT2D eigenvalue weighted by atomic mass is 14.7. The average molecular weight is 210 g/mol. The molecule has 1 aromatic heterocycles. The molecule has 0 amide bonds. The number of nitrogens with two attached hydrogens (primary N) is 1. The highest BCUT2D eigenvalue weighted by molar-refractivity contribution is 5.78. The van der Waals surface area contributed by atoms with Crippen LogP contribution in [0.2, 0.25) is 0 Å². The van der Waals surface area contributed by atoms with E-state index in [0.717, 1.165) is 17.6 Å². The van der Waals surface area contributed by atoms with Crippen molar-refractivity contribution >= 4 is 10.9 Å². The lowest BCUT2D eigenvalue weighted by atomic mass is 10.2. The maximum absolute atomic E-state index is 5.36. The van der Waals surface area contributed by atoms with Gasteiger partial charge in [0.05, 0.1) is 17.6 Å². The van der Waals surface area contributed by atoms with E-state index in [-0.39, 0.29) is 0 Å². The van der Waals surface area contributed by atoms with E-state index >= 15 is 0 Å². The van der Waals surface area contributed by atoms with Crippen LogP contribution in [0.1, 0.15) is 12.1 Å². The van der Waals surface area contributed by atoms with E-state index in [1.54, 1.807) is 0 Å². The first-order chi connectivity index (χ1) is 7.90. The maximum Gasteiger partial charge on any atom is 0.0705 e. The van der Waals surface area contributed by atoms with Crippen LogP contribution in [0.3, 0.4) is 0 Å². The number of rotatable bonds is 2. The van der Waals surface area contributed by atoms with E-state index in [1.165, 1.54) is 5.39 Å². The molecule has 0 aliphatic carbocycles. The van der Waals surface area contributed by atoms with Crippen molar-refractivity contribution in [1.29, 1.82) is 0 Å². The van der Waals surface area contributed by atoms with Crippen LogP contribution >= 0.6 is 0 Å². The van der Waals surface area contributed by atoms with E-state index in [1.807, 2.05) is 24.3 Å². The van der Waals surface area contributed by atoms with Gasteiger partial charge in [0.2, 0.25) is 0 Å². The quantitative estimate of drug-likeness (QED) is 0.771. The van der Waals surface area contributed by atoms with Crippen molar-refractivity contribution in [2.75, 3.05) is 6.54 Å². The molecule has 0 unspecified atom stereocenters. The Labute approximate surface area is 95.5 Å². The number of para-hydroxylation sites is 1. The van der Waals surface area contributed by atoms with Gasteiger partial charge in [0.25, 0.3) is 0 Å². The standard InChI is InChI=1S/C14H14N2/c15-11-5-1-2-7-13-10-9-12-6-3-4-8-14(12)16-13/h3-4,6,8-10H,5,7,11,15H2. The predicted molar refractivity (Wildman–Crippen MR) is 66.9 cm³/mol. The molecule has 1 aromatic carbocycles. The molecule has 80 valence electrons. The van der Waals surface area contributed by atoms with Crippen LogP contribution in [0.4, 0.5) is 0 Å². The molecule has 2 nitrogen and oxygen atoms in total. The van der Waals surface area contributed by atoms with Gasteiger partial charge in [0.1, 0.15) is 0 Å². The van der Waals surface area contributed by atoms with Crippen LogP contribution in [0.5, 0.6) is 0 Å². The van der Waals surface area contributed by atoms with Crippen LogP contribution in [0, 0.1) is 11.8 Å². The molecule has 0 atom stereocenters. The van der Waals surface area contributed by atoms with Crippen molar-refractivity contribution in [3.05, 3.63) is 42.1 Å². The summed E-state index contributed by atoms with van der Waals surface area (Å²) in [6.07, 6.45) is 1.46. The summed E-state index contributed by atoms with van der Waals surface area (Å²) in [7, 11) is 0. The van der Waals surface area contributed by atoms with Crippen molar-refractivity contribution in [3.8, 4) is 11.8 Å². The summed E-state index contributed by atoms with van der Waals surface area (Å²) >= 11 is 0. The topological polar surface area (TPSA) is 38.9 Å². The van der Waals surface area contributed by atoms with Crippen molar-refractivity contribution in [2.24, 2.45) is 5.73 Å². The largest absolute Gasteiger partial charge is 0.330 e. The summed E-state index contributed by atoms with van der Waals surface area (Å²) < 4.78 is 0. The first-order valence-electron chi connectivity index (χ1n) is 5.40. The molecule has 2 rings (SSSR count). The number of fused-ring (bicyclic) bond motifs is 1. The Kier molecular flexibility index (Phi) is 3.53. The highest BCUT2D eigenvalue weighted by Gasteiger charge is 1.95. The molecule has 2 heteroatoms. The summed E-state index contributed by atoms with van der Waals surface area (Å²) in [5, 5.41) is 1.17. The number of pyridine rings is 1. The molecule has 0 saturated heterocycles. The third-order valence-electron chi connectivity index (χ3n) is 2.32. The average Bonchev–Trinajstić information content (AvgIpc) is 2.34. The normalized spacial score (nSPS) is 9.81. The van der Waals surface area contributed by atoms with Crippen LogP contribution in [-0.2, 0) is 6.42 Å². The molecule has 0 radical (unpaired) electrons. The molecule has 2 aromatic rings. The van der Waals surface area contributed by atoms with Gasteiger partial charge in [-0.1, -0.05) is 30.2 Å². The van der Waals surface area contributed by atoms with Gasteiger partial charge in [0.15, 0.2) is 0 Å². The van der Waals surface area contributed by atoms with Crippen molar-refractivity contribution < 1.29 is 0 Å². The SMILES string of the molecule is NCCC#CCc1ccc2ccccc2n1. The van der Waals surface area contributed by atoms with Crippen molar-refractivity contribution in [3.63, 3.8) is 0 Å². The molecule has 0 spiro atoms. The Bertz CT molecular complexity index is 535. The van der Waals surface area contributed by atoms with E-state index in [2.05, 4.69) is 29.0 Å². The molecule has 2 N–H and O–H groups in total. The molecule has 0 saturated carbocycles. The fourth-order valence-corrected chi connectivity index (χ4v) is 1.52. The Morgan fingerprint density at radius 3 is 2.81 bits per heavy atom. The molecule has 16 heavy (non-hydrogen) atoms. The van der Waals surface area contributed by atoms with E-state index in [4.69, 9.17) is 5.73 Å². The zero-order valence-electron chi connectivity index (χ0n) is 9.11. The molecule has 0 aliphatic heterocycles. The van der Waals surface area contributed by atoms with Gasteiger partial charge in [-0.3, -0.25) is 4.98 Å². The van der Waals surface area contributed by atoms with Crippen LogP contribution < -0.4 is 5.73 Å². The van der Waals surface area contributed by atoms with Gasteiger partial charge in [0, 0.05) is 18.4 Å². The van der Waals surface area contributed by atoms with E-state index in [9.17, 15) is 0 Å². The number of hydrogen-bond donors (Lipinski definition) is 1. The second-order valence-electron chi connectivity index (χ2n) is 3.56. The van der Waals surface area contributed by atoms with Crippen molar-refractivity contribution in [1.82, 2.24) is 4.98 Å². The molecule has 0 aliphatic rings. The van der Waals surface area contributed by atoms with Crippen LogP contribution in [-0.4, -0.2) is 11.5 Å². The summed E-state index contributed by atoms with van der Waals surface area (Å²) in [5.41, 5.74) is 7.41. The lowest BCUT2D eigenvalue weighted by Crippen LogP contribution is -1.95.